The average molecular weight is 371 g/mol. The summed E-state index contributed by atoms with van der Waals surface area (Å²) in [7, 11) is 0. The smallest absolute Gasteiger partial charge is 0.104 e. The molecule has 0 aromatic rings. The van der Waals surface area contributed by atoms with Crippen molar-refractivity contribution >= 4 is 0 Å². The molecule has 0 bridgehead atoms. The van der Waals surface area contributed by atoms with Gasteiger partial charge < -0.3 is 14.2 Å². The summed E-state index contributed by atoms with van der Waals surface area (Å²) in [4.78, 5) is 0. The minimum Gasteiger partial charge on any atom is -0.379 e. The van der Waals surface area contributed by atoms with Crippen LogP contribution in [0.4, 0.5) is 0 Å². The van der Waals surface area contributed by atoms with Crippen molar-refractivity contribution in [3.05, 3.63) is 12.7 Å². The van der Waals surface area contributed by atoms with Crippen LogP contribution in [0.1, 0.15) is 97.3 Å². The van der Waals surface area contributed by atoms with E-state index in [1.807, 2.05) is 6.08 Å². The van der Waals surface area contributed by atoms with Crippen LogP contribution in [0.5, 0.6) is 0 Å². The van der Waals surface area contributed by atoms with Crippen molar-refractivity contribution in [2.75, 3.05) is 33.0 Å². The second-order valence-electron chi connectivity index (χ2n) is 7.26. The molecular weight excluding hydrogens is 324 g/mol. The van der Waals surface area contributed by atoms with Crippen molar-refractivity contribution in [3.8, 4) is 0 Å². The van der Waals surface area contributed by atoms with Crippen LogP contribution in [-0.2, 0) is 14.2 Å². The molecule has 0 saturated carbocycles. The highest BCUT2D eigenvalue weighted by Gasteiger charge is 2.09. The molecule has 0 aliphatic carbocycles. The quantitative estimate of drug-likeness (QED) is 0.157. The predicted molar refractivity (Wildman–Crippen MR) is 113 cm³/mol. The van der Waals surface area contributed by atoms with E-state index in [1.165, 1.54) is 64.2 Å². The topological polar surface area (TPSA) is 27.7 Å². The van der Waals surface area contributed by atoms with E-state index in [4.69, 9.17) is 14.2 Å². The first kappa shape index (κ1) is 25.6. The van der Waals surface area contributed by atoms with Gasteiger partial charge in [-0.1, -0.05) is 84.1 Å². The van der Waals surface area contributed by atoms with Crippen LogP contribution in [0.15, 0.2) is 12.7 Å². The van der Waals surface area contributed by atoms with Crippen molar-refractivity contribution in [2.24, 2.45) is 0 Å². The van der Waals surface area contributed by atoms with E-state index < -0.39 is 0 Å². The zero-order chi connectivity index (χ0) is 19.1. The molecule has 3 nitrogen and oxygen atoms in total. The molecule has 0 aromatic carbocycles. The minimum atomic E-state index is 0.0510. The van der Waals surface area contributed by atoms with Crippen molar-refractivity contribution in [3.63, 3.8) is 0 Å². The summed E-state index contributed by atoms with van der Waals surface area (Å²) in [6, 6.07) is 0. The highest BCUT2D eigenvalue weighted by Crippen LogP contribution is 2.07. The molecule has 0 rings (SSSR count). The van der Waals surface area contributed by atoms with Crippen LogP contribution in [0.2, 0.25) is 0 Å². The fourth-order valence-electron chi connectivity index (χ4n) is 2.86. The monoisotopic (exact) mass is 370 g/mol. The van der Waals surface area contributed by atoms with Gasteiger partial charge in [0.15, 0.2) is 0 Å². The predicted octanol–water partition coefficient (Wildman–Crippen LogP) is 6.70. The van der Waals surface area contributed by atoms with Gasteiger partial charge in [-0.15, -0.1) is 6.58 Å². The maximum Gasteiger partial charge on any atom is 0.104 e. The molecule has 0 fully saturated rings. The summed E-state index contributed by atoms with van der Waals surface area (Å²) in [6.07, 6.45) is 18.4. The molecule has 0 aromatic heterocycles. The Morgan fingerprint density at radius 3 is 1.58 bits per heavy atom. The van der Waals surface area contributed by atoms with Crippen LogP contribution in [0.25, 0.3) is 0 Å². The summed E-state index contributed by atoms with van der Waals surface area (Å²) in [5, 5.41) is 0. The van der Waals surface area contributed by atoms with Gasteiger partial charge in [-0.3, -0.25) is 0 Å². The molecule has 0 N–H and O–H groups in total. The van der Waals surface area contributed by atoms with Crippen LogP contribution < -0.4 is 0 Å². The van der Waals surface area contributed by atoms with E-state index in [1.54, 1.807) is 0 Å². The van der Waals surface area contributed by atoms with Crippen LogP contribution in [0.3, 0.4) is 0 Å². The zero-order valence-corrected chi connectivity index (χ0v) is 17.8. The van der Waals surface area contributed by atoms with Crippen molar-refractivity contribution in [1.82, 2.24) is 0 Å². The molecule has 156 valence electrons. The van der Waals surface area contributed by atoms with Crippen LogP contribution in [0, 0.1) is 0 Å². The Bertz CT molecular complexity index is 248. The standard InChI is InChI=1S/C23H46O3/c1-4-7-10-12-14-16-18-24-21-23(26-20-9-6-3)22-25-19-17-15-13-11-8-5-2/h6,23H,3-5,7-22H2,1-2H3. The molecule has 0 unspecified atom stereocenters. The van der Waals surface area contributed by atoms with E-state index in [0.717, 1.165) is 32.5 Å². The average Bonchev–Trinajstić information content (AvgIpc) is 2.65. The van der Waals surface area contributed by atoms with Gasteiger partial charge in [0, 0.05) is 13.2 Å². The minimum absolute atomic E-state index is 0.0510. The fraction of sp³-hybridized carbons (Fsp3) is 0.913. The summed E-state index contributed by atoms with van der Waals surface area (Å²) >= 11 is 0. The maximum absolute atomic E-state index is 5.88. The third-order valence-corrected chi connectivity index (χ3v) is 4.57. The largest absolute Gasteiger partial charge is 0.379 e. The van der Waals surface area contributed by atoms with Gasteiger partial charge in [0.1, 0.15) is 6.10 Å². The summed E-state index contributed by atoms with van der Waals surface area (Å²) in [5.74, 6) is 0. The van der Waals surface area contributed by atoms with E-state index in [9.17, 15) is 0 Å². The van der Waals surface area contributed by atoms with Crippen LogP contribution in [-0.4, -0.2) is 39.1 Å². The second-order valence-corrected chi connectivity index (χ2v) is 7.26. The molecular formula is C23H46O3. The summed E-state index contributed by atoms with van der Waals surface area (Å²) in [5.41, 5.74) is 0. The molecule has 26 heavy (non-hydrogen) atoms. The zero-order valence-electron chi connectivity index (χ0n) is 17.8. The SMILES string of the molecule is C=CCCOC(COCCCCCCCC)COCCCCCCCC. The molecule has 0 aliphatic rings. The Morgan fingerprint density at radius 1 is 0.654 bits per heavy atom. The number of hydrogen-bond donors (Lipinski definition) is 0. The molecule has 0 saturated heterocycles. The van der Waals surface area contributed by atoms with Gasteiger partial charge >= 0.3 is 0 Å². The van der Waals surface area contributed by atoms with Crippen molar-refractivity contribution in [1.29, 1.82) is 0 Å². The lowest BCUT2D eigenvalue weighted by molar-refractivity contribution is -0.0595. The van der Waals surface area contributed by atoms with Crippen molar-refractivity contribution in [2.45, 2.75) is 103 Å². The van der Waals surface area contributed by atoms with Gasteiger partial charge in [-0.25, -0.2) is 0 Å². The molecule has 0 amide bonds. The first-order valence-electron chi connectivity index (χ1n) is 11.2. The van der Waals surface area contributed by atoms with E-state index in [-0.39, 0.29) is 6.10 Å². The first-order valence-corrected chi connectivity index (χ1v) is 11.2. The van der Waals surface area contributed by atoms with Crippen LogP contribution >= 0.6 is 0 Å². The van der Waals surface area contributed by atoms with Gasteiger partial charge in [0.05, 0.1) is 19.8 Å². The number of hydrogen-bond acceptors (Lipinski definition) is 3. The molecule has 0 radical (unpaired) electrons. The number of rotatable bonds is 22. The van der Waals surface area contributed by atoms with Gasteiger partial charge in [0.25, 0.3) is 0 Å². The second kappa shape index (κ2) is 22.7. The Labute approximate surface area is 163 Å². The van der Waals surface area contributed by atoms with Crippen molar-refractivity contribution < 1.29 is 14.2 Å². The Hall–Kier alpha value is -0.380. The molecule has 0 atom stereocenters. The lowest BCUT2D eigenvalue weighted by atomic mass is 10.1. The van der Waals surface area contributed by atoms with Gasteiger partial charge in [-0.2, -0.15) is 0 Å². The molecule has 0 spiro atoms. The molecule has 3 heteroatoms. The highest BCUT2D eigenvalue weighted by molar-refractivity contribution is 4.66. The summed E-state index contributed by atoms with van der Waals surface area (Å²) in [6.45, 7) is 11.9. The lowest BCUT2D eigenvalue weighted by Gasteiger charge is -2.18. The molecule has 0 heterocycles. The van der Waals surface area contributed by atoms with E-state index in [2.05, 4.69) is 20.4 Å². The maximum atomic E-state index is 5.88. The third-order valence-electron chi connectivity index (χ3n) is 4.57. The van der Waals surface area contributed by atoms with E-state index >= 15 is 0 Å². The summed E-state index contributed by atoms with van der Waals surface area (Å²) < 4.78 is 17.5. The normalized spacial score (nSPS) is 11.3. The Morgan fingerprint density at radius 2 is 1.12 bits per heavy atom. The van der Waals surface area contributed by atoms with Gasteiger partial charge in [0.2, 0.25) is 0 Å². The molecule has 0 aliphatic heterocycles. The Balaban J connectivity index is 3.65. The van der Waals surface area contributed by atoms with E-state index in [0.29, 0.717) is 19.8 Å². The lowest BCUT2D eigenvalue weighted by Crippen LogP contribution is -2.26. The third kappa shape index (κ3) is 19.9. The number of ether oxygens (including phenoxy) is 3. The Kier molecular flexibility index (Phi) is 22.3. The highest BCUT2D eigenvalue weighted by atomic mass is 16.6. The van der Waals surface area contributed by atoms with Gasteiger partial charge in [-0.05, 0) is 19.3 Å². The first-order chi connectivity index (χ1) is 12.8. The number of unbranched alkanes of at least 4 members (excludes halogenated alkanes) is 10. The fourth-order valence-corrected chi connectivity index (χ4v) is 2.86.